The van der Waals surface area contributed by atoms with Crippen LogP contribution in [-0.2, 0) is 11.8 Å². The Hall–Kier alpha value is -1.33. The molecule has 1 fully saturated rings. The van der Waals surface area contributed by atoms with E-state index in [1.165, 1.54) is 30.4 Å². The predicted octanol–water partition coefficient (Wildman–Crippen LogP) is 3.34. The first-order valence-electron chi connectivity index (χ1n) is 6.88. The maximum atomic E-state index is 9.13. The Morgan fingerprint density at radius 3 is 2.67 bits per heavy atom. The van der Waals surface area contributed by atoms with Gasteiger partial charge in [0.1, 0.15) is 0 Å². The average molecular weight is 243 g/mol. The largest absolute Gasteiger partial charge is 0.396 e. The highest BCUT2D eigenvalue weighted by atomic mass is 16.2. The normalized spacial score (nSPS) is 18.2. The van der Waals surface area contributed by atoms with Gasteiger partial charge in [-0.15, -0.1) is 0 Å². The van der Waals surface area contributed by atoms with Crippen LogP contribution in [0, 0.1) is 11.3 Å². The van der Waals surface area contributed by atoms with E-state index in [1.807, 2.05) is 0 Å². The highest BCUT2D eigenvalue weighted by molar-refractivity contribution is 5.32. The van der Waals surface area contributed by atoms with Gasteiger partial charge in [-0.2, -0.15) is 5.26 Å². The van der Waals surface area contributed by atoms with Crippen molar-refractivity contribution in [3.63, 3.8) is 0 Å². The molecule has 1 aromatic rings. The highest BCUT2D eigenvalue weighted by Gasteiger charge is 2.33. The van der Waals surface area contributed by atoms with Gasteiger partial charge in [0.2, 0.25) is 0 Å². The number of benzene rings is 1. The molecule has 1 saturated carbocycles. The van der Waals surface area contributed by atoms with Gasteiger partial charge in [-0.05, 0) is 30.4 Å². The lowest BCUT2D eigenvalue weighted by Crippen LogP contribution is -2.28. The summed E-state index contributed by atoms with van der Waals surface area (Å²) in [5.41, 5.74) is 2.55. The van der Waals surface area contributed by atoms with Crippen molar-refractivity contribution in [3.8, 4) is 6.07 Å². The topological polar surface area (TPSA) is 44.0 Å². The van der Waals surface area contributed by atoms with Crippen LogP contribution in [0.2, 0.25) is 0 Å². The highest BCUT2D eigenvalue weighted by Crippen LogP contribution is 2.42. The van der Waals surface area contributed by atoms with Crippen LogP contribution in [-0.4, -0.2) is 11.7 Å². The molecule has 1 N–H and O–H groups in total. The number of rotatable bonds is 4. The number of nitrogens with zero attached hydrogens (tertiary/aromatic N) is 1. The van der Waals surface area contributed by atoms with E-state index in [4.69, 9.17) is 10.4 Å². The van der Waals surface area contributed by atoms with Crippen LogP contribution in [0.25, 0.3) is 0 Å². The van der Waals surface area contributed by atoms with E-state index < -0.39 is 0 Å². The van der Waals surface area contributed by atoms with Crippen LogP contribution in [0.1, 0.15) is 49.7 Å². The smallest absolute Gasteiger partial charge is 0.0631 e. The third kappa shape index (κ3) is 2.73. The second-order valence-corrected chi connectivity index (χ2v) is 5.35. The minimum atomic E-state index is 0.0679. The van der Waals surface area contributed by atoms with E-state index in [1.54, 1.807) is 0 Å². The monoisotopic (exact) mass is 243 g/mol. The zero-order valence-corrected chi connectivity index (χ0v) is 10.9. The summed E-state index contributed by atoms with van der Waals surface area (Å²) in [7, 11) is 0. The van der Waals surface area contributed by atoms with Crippen LogP contribution in [0.3, 0.4) is 0 Å². The quantitative estimate of drug-likeness (QED) is 0.881. The summed E-state index contributed by atoms with van der Waals surface area (Å²) in [4.78, 5) is 0. The third-order valence-corrected chi connectivity index (χ3v) is 4.17. The van der Waals surface area contributed by atoms with Crippen molar-refractivity contribution in [1.29, 1.82) is 5.26 Å². The van der Waals surface area contributed by atoms with Gasteiger partial charge in [-0.3, -0.25) is 0 Å². The van der Waals surface area contributed by atoms with Gasteiger partial charge in [0.05, 0.1) is 6.07 Å². The van der Waals surface area contributed by atoms with Crippen LogP contribution < -0.4 is 0 Å². The fraction of sp³-hybridized carbons (Fsp3) is 0.562. The first kappa shape index (κ1) is 13.1. The number of aliphatic hydroxyl groups is 1. The lowest BCUT2D eigenvalue weighted by atomic mass is 9.67. The summed E-state index contributed by atoms with van der Waals surface area (Å²) in [6.45, 7) is 0.189. The van der Waals surface area contributed by atoms with Crippen LogP contribution in [0.5, 0.6) is 0 Å². The Balaban J connectivity index is 2.30. The van der Waals surface area contributed by atoms with Gasteiger partial charge < -0.3 is 5.11 Å². The molecule has 0 amide bonds. The molecule has 0 heterocycles. The molecule has 0 unspecified atom stereocenters. The van der Waals surface area contributed by atoms with Gasteiger partial charge in [0.15, 0.2) is 0 Å². The second-order valence-electron chi connectivity index (χ2n) is 5.35. The molecule has 0 spiro atoms. The second kappa shape index (κ2) is 6.02. The molecule has 2 rings (SSSR count). The summed E-state index contributed by atoms with van der Waals surface area (Å²) in [6.07, 6.45) is 7.33. The van der Waals surface area contributed by atoms with Crippen LogP contribution >= 0.6 is 0 Å². The first-order chi connectivity index (χ1) is 8.80. The third-order valence-electron chi connectivity index (χ3n) is 4.17. The number of hydrogen-bond acceptors (Lipinski definition) is 2. The van der Waals surface area contributed by atoms with E-state index in [0.717, 1.165) is 12.8 Å². The molecule has 2 heteroatoms. The van der Waals surface area contributed by atoms with Crippen molar-refractivity contribution in [3.05, 3.63) is 35.4 Å². The van der Waals surface area contributed by atoms with Crippen molar-refractivity contribution >= 4 is 0 Å². The Labute approximate surface area is 109 Å². The molecule has 0 atom stereocenters. The molecule has 1 aliphatic carbocycles. The van der Waals surface area contributed by atoms with Crippen LogP contribution in [0.4, 0.5) is 0 Å². The van der Waals surface area contributed by atoms with Crippen molar-refractivity contribution in [2.75, 3.05) is 6.61 Å². The first-order valence-corrected chi connectivity index (χ1v) is 6.88. The fourth-order valence-corrected chi connectivity index (χ4v) is 3.13. The Kier molecular flexibility index (Phi) is 4.38. The lowest BCUT2D eigenvalue weighted by molar-refractivity contribution is 0.294. The Morgan fingerprint density at radius 1 is 1.22 bits per heavy atom. The molecule has 96 valence electrons. The predicted molar refractivity (Wildman–Crippen MR) is 72.2 cm³/mol. The Bertz CT molecular complexity index is 427. The van der Waals surface area contributed by atoms with Crippen molar-refractivity contribution in [1.82, 2.24) is 0 Å². The van der Waals surface area contributed by atoms with Gasteiger partial charge in [0.25, 0.3) is 0 Å². The SMILES string of the molecule is N#CCC1(c2cccc(CCO)c2)CCCCC1. The molecule has 0 aliphatic heterocycles. The zero-order chi connectivity index (χ0) is 12.8. The van der Waals surface area contributed by atoms with Crippen molar-refractivity contribution in [2.45, 2.75) is 50.4 Å². The number of nitriles is 1. The van der Waals surface area contributed by atoms with Crippen molar-refractivity contribution in [2.24, 2.45) is 0 Å². The summed E-state index contributed by atoms with van der Waals surface area (Å²) in [5.74, 6) is 0. The summed E-state index contributed by atoms with van der Waals surface area (Å²) >= 11 is 0. The fourth-order valence-electron chi connectivity index (χ4n) is 3.13. The summed E-state index contributed by atoms with van der Waals surface area (Å²) in [6, 6.07) is 10.9. The van der Waals surface area contributed by atoms with E-state index in [9.17, 15) is 0 Å². The minimum absolute atomic E-state index is 0.0679. The number of aliphatic hydroxyl groups excluding tert-OH is 1. The standard InChI is InChI=1S/C16H21NO/c17-11-10-16(8-2-1-3-9-16)15-6-4-5-14(13-15)7-12-18/h4-6,13,18H,1-3,7-10,12H2. The molecule has 1 aromatic carbocycles. The molecule has 0 aromatic heterocycles. The van der Waals surface area contributed by atoms with E-state index in [-0.39, 0.29) is 12.0 Å². The van der Waals surface area contributed by atoms with E-state index in [2.05, 4.69) is 30.3 Å². The molecular formula is C16H21NO. The molecular weight excluding hydrogens is 222 g/mol. The lowest BCUT2D eigenvalue weighted by Gasteiger charge is -2.36. The van der Waals surface area contributed by atoms with Gasteiger partial charge in [-0.1, -0.05) is 43.5 Å². The van der Waals surface area contributed by atoms with Gasteiger partial charge in [-0.25, -0.2) is 0 Å². The Morgan fingerprint density at radius 2 is 2.00 bits per heavy atom. The average Bonchev–Trinajstić information content (AvgIpc) is 2.41. The molecule has 0 radical (unpaired) electrons. The van der Waals surface area contributed by atoms with Gasteiger partial charge >= 0.3 is 0 Å². The summed E-state index contributed by atoms with van der Waals surface area (Å²) < 4.78 is 0. The van der Waals surface area contributed by atoms with Gasteiger partial charge in [0, 0.05) is 18.4 Å². The number of hydrogen-bond donors (Lipinski definition) is 1. The zero-order valence-electron chi connectivity index (χ0n) is 10.9. The van der Waals surface area contributed by atoms with Crippen molar-refractivity contribution < 1.29 is 5.11 Å². The molecule has 0 saturated heterocycles. The van der Waals surface area contributed by atoms with E-state index in [0.29, 0.717) is 12.8 Å². The van der Waals surface area contributed by atoms with E-state index >= 15 is 0 Å². The molecule has 1 aliphatic rings. The molecule has 18 heavy (non-hydrogen) atoms. The molecule has 2 nitrogen and oxygen atoms in total. The van der Waals surface area contributed by atoms with Crippen LogP contribution in [0.15, 0.2) is 24.3 Å². The minimum Gasteiger partial charge on any atom is -0.396 e. The summed E-state index contributed by atoms with van der Waals surface area (Å²) in [5, 5.41) is 18.2. The maximum absolute atomic E-state index is 9.13. The molecule has 0 bridgehead atoms. The maximum Gasteiger partial charge on any atom is 0.0631 e.